The number of ether oxygens (including phenoxy) is 1. The molecule has 0 heterocycles. The molecule has 2 unspecified atom stereocenters. The van der Waals surface area contributed by atoms with Gasteiger partial charge in [-0.1, -0.05) is 36.2 Å². The second-order valence-electron chi connectivity index (χ2n) is 4.38. The lowest BCUT2D eigenvalue weighted by atomic mass is 9.87. The van der Waals surface area contributed by atoms with Crippen molar-refractivity contribution in [1.82, 2.24) is 0 Å². The molecule has 1 aromatic rings. The van der Waals surface area contributed by atoms with Crippen LogP contribution < -0.4 is 4.84 Å². The molecule has 1 aliphatic rings. The summed E-state index contributed by atoms with van der Waals surface area (Å²) in [6.07, 6.45) is 6.95. The first kappa shape index (κ1) is 12.1. The summed E-state index contributed by atoms with van der Waals surface area (Å²) in [4.78, 5) is 5.32. The molecular formula is C14H19NO2. The highest BCUT2D eigenvalue weighted by Crippen LogP contribution is 2.25. The maximum absolute atomic E-state index is 5.46. The minimum absolute atomic E-state index is 0.298. The molecular weight excluding hydrogens is 214 g/mol. The zero-order valence-electron chi connectivity index (χ0n) is 10.2. The summed E-state index contributed by atoms with van der Waals surface area (Å²) in [5, 5.41) is 4.06. The Morgan fingerprint density at radius 1 is 1.18 bits per heavy atom. The summed E-state index contributed by atoms with van der Waals surface area (Å²) in [6.45, 7) is 0. The van der Waals surface area contributed by atoms with Crippen LogP contribution in [0.3, 0.4) is 0 Å². The molecule has 0 bridgehead atoms. The fourth-order valence-electron chi connectivity index (χ4n) is 2.24. The molecule has 0 saturated heterocycles. The molecule has 1 aliphatic carbocycles. The summed E-state index contributed by atoms with van der Waals surface area (Å²) < 4.78 is 5.46. The molecule has 0 aliphatic heterocycles. The van der Waals surface area contributed by atoms with Crippen molar-refractivity contribution < 1.29 is 9.57 Å². The van der Waals surface area contributed by atoms with Gasteiger partial charge in [0.25, 0.3) is 0 Å². The molecule has 3 heteroatoms. The van der Waals surface area contributed by atoms with E-state index in [0.29, 0.717) is 12.0 Å². The molecule has 17 heavy (non-hydrogen) atoms. The van der Waals surface area contributed by atoms with E-state index in [0.717, 1.165) is 18.6 Å². The van der Waals surface area contributed by atoms with Crippen LogP contribution in [0.25, 0.3) is 0 Å². The van der Waals surface area contributed by atoms with Gasteiger partial charge in [0.05, 0.1) is 12.3 Å². The van der Waals surface area contributed by atoms with E-state index in [-0.39, 0.29) is 0 Å². The number of rotatable bonds is 4. The summed E-state index contributed by atoms with van der Waals surface area (Å²) in [5.74, 6) is 1.16. The molecule has 1 aromatic carbocycles. The highest BCUT2D eigenvalue weighted by Gasteiger charge is 2.23. The number of hydrogen-bond donors (Lipinski definition) is 0. The minimum atomic E-state index is 0.298. The van der Waals surface area contributed by atoms with Gasteiger partial charge in [-0.3, -0.25) is 0 Å². The molecule has 0 N–H and O–H groups in total. The zero-order valence-corrected chi connectivity index (χ0v) is 10.2. The topological polar surface area (TPSA) is 30.8 Å². The third kappa shape index (κ3) is 3.56. The van der Waals surface area contributed by atoms with Crippen LogP contribution in [-0.2, 0) is 4.74 Å². The van der Waals surface area contributed by atoms with E-state index in [1.807, 2.05) is 36.5 Å². The van der Waals surface area contributed by atoms with Gasteiger partial charge in [0.15, 0.2) is 5.75 Å². The van der Waals surface area contributed by atoms with Gasteiger partial charge in [0, 0.05) is 13.0 Å². The Balaban J connectivity index is 1.87. The van der Waals surface area contributed by atoms with E-state index in [1.165, 1.54) is 12.8 Å². The maximum atomic E-state index is 5.46. The Labute approximate surface area is 102 Å². The molecule has 0 radical (unpaired) electrons. The predicted molar refractivity (Wildman–Crippen MR) is 68.3 cm³/mol. The van der Waals surface area contributed by atoms with E-state index < -0.39 is 0 Å². The lowest BCUT2D eigenvalue weighted by molar-refractivity contribution is 0.0490. The van der Waals surface area contributed by atoms with Crippen molar-refractivity contribution in [2.75, 3.05) is 7.11 Å². The van der Waals surface area contributed by atoms with Crippen LogP contribution in [0.2, 0.25) is 0 Å². The average molecular weight is 233 g/mol. The molecule has 2 atom stereocenters. The van der Waals surface area contributed by atoms with Crippen LogP contribution in [0.1, 0.15) is 25.7 Å². The standard InChI is InChI=1S/C14H19NO2/c1-16-14-10-6-5-7-12(14)11-15-17-13-8-3-2-4-9-13/h2-4,8-9,11-12,14H,5-7,10H2,1H3/b15-11+. The first-order chi connectivity index (χ1) is 8.40. The Kier molecular flexibility index (Phi) is 4.56. The second-order valence-corrected chi connectivity index (χ2v) is 4.38. The molecule has 3 nitrogen and oxygen atoms in total. The minimum Gasteiger partial charge on any atom is -0.381 e. The number of methoxy groups -OCH3 is 1. The molecule has 0 amide bonds. The first-order valence-corrected chi connectivity index (χ1v) is 6.18. The predicted octanol–water partition coefficient (Wildman–Crippen LogP) is 3.26. The summed E-state index contributed by atoms with van der Waals surface area (Å²) >= 11 is 0. The van der Waals surface area contributed by atoms with Crippen LogP contribution in [0, 0.1) is 5.92 Å². The Morgan fingerprint density at radius 3 is 2.71 bits per heavy atom. The lowest BCUT2D eigenvalue weighted by Gasteiger charge is -2.27. The summed E-state index contributed by atoms with van der Waals surface area (Å²) in [7, 11) is 1.77. The molecule has 92 valence electrons. The van der Waals surface area contributed by atoms with Crippen molar-refractivity contribution >= 4 is 6.21 Å². The molecule has 2 rings (SSSR count). The lowest BCUT2D eigenvalue weighted by Crippen LogP contribution is -2.27. The molecule has 1 fully saturated rings. The van der Waals surface area contributed by atoms with Crippen molar-refractivity contribution in [3.05, 3.63) is 30.3 Å². The summed E-state index contributed by atoms with van der Waals surface area (Å²) in [6, 6.07) is 9.61. The van der Waals surface area contributed by atoms with Crippen LogP contribution in [0.4, 0.5) is 0 Å². The molecule has 1 saturated carbocycles. The Hall–Kier alpha value is -1.35. The normalized spacial score (nSPS) is 25.0. The van der Waals surface area contributed by atoms with Crippen molar-refractivity contribution in [3.63, 3.8) is 0 Å². The van der Waals surface area contributed by atoms with Gasteiger partial charge in [-0.05, 0) is 25.0 Å². The van der Waals surface area contributed by atoms with Gasteiger partial charge in [-0.25, -0.2) is 0 Å². The first-order valence-electron chi connectivity index (χ1n) is 6.18. The smallest absolute Gasteiger partial charge is 0.157 e. The molecule has 0 spiro atoms. The van der Waals surface area contributed by atoms with E-state index in [9.17, 15) is 0 Å². The van der Waals surface area contributed by atoms with Gasteiger partial charge < -0.3 is 9.57 Å². The van der Waals surface area contributed by atoms with Crippen molar-refractivity contribution in [2.24, 2.45) is 11.1 Å². The fraction of sp³-hybridized carbons (Fsp3) is 0.500. The van der Waals surface area contributed by atoms with E-state index in [2.05, 4.69) is 5.16 Å². The Bertz CT molecular complexity index is 350. The quantitative estimate of drug-likeness (QED) is 0.590. The number of benzene rings is 1. The van der Waals surface area contributed by atoms with Gasteiger partial charge in [-0.2, -0.15) is 0 Å². The van der Waals surface area contributed by atoms with E-state index in [4.69, 9.17) is 9.57 Å². The SMILES string of the molecule is COC1CCCCC1/C=N/Oc1ccccc1. The average Bonchev–Trinajstić information content (AvgIpc) is 2.40. The third-order valence-electron chi connectivity index (χ3n) is 3.21. The van der Waals surface area contributed by atoms with Crippen molar-refractivity contribution in [1.29, 1.82) is 0 Å². The Morgan fingerprint density at radius 2 is 1.94 bits per heavy atom. The second kappa shape index (κ2) is 6.40. The van der Waals surface area contributed by atoms with Gasteiger partial charge in [-0.15, -0.1) is 0 Å². The van der Waals surface area contributed by atoms with Crippen LogP contribution in [0.15, 0.2) is 35.5 Å². The van der Waals surface area contributed by atoms with Gasteiger partial charge in [0.1, 0.15) is 0 Å². The largest absolute Gasteiger partial charge is 0.381 e. The van der Waals surface area contributed by atoms with Gasteiger partial charge in [0.2, 0.25) is 0 Å². The van der Waals surface area contributed by atoms with Crippen molar-refractivity contribution in [2.45, 2.75) is 31.8 Å². The molecule has 0 aromatic heterocycles. The van der Waals surface area contributed by atoms with Gasteiger partial charge >= 0.3 is 0 Å². The van der Waals surface area contributed by atoms with Crippen LogP contribution >= 0.6 is 0 Å². The van der Waals surface area contributed by atoms with Crippen LogP contribution in [0.5, 0.6) is 5.75 Å². The van der Waals surface area contributed by atoms with E-state index in [1.54, 1.807) is 7.11 Å². The maximum Gasteiger partial charge on any atom is 0.157 e. The highest BCUT2D eigenvalue weighted by molar-refractivity contribution is 5.61. The van der Waals surface area contributed by atoms with Crippen molar-refractivity contribution in [3.8, 4) is 5.75 Å². The number of oxime groups is 1. The summed E-state index contributed by atoms with van der Waals surface area (Å²) in [5.41, 5.74) is 0. The third-order valence-corrected chi connectivity index (χ3v) is 3.21. The monoisotopic (exact) mass is 233 g/mol. The number of nitrogens with zero attached hydrogens (tertiary/aromatic N) is 1. The van der Waals surface area contributed by atoms with Crippen LogP contribution in [-0.4, -0.2) is 19.4 Å². The number of hydrogen-bond acceptors (Lipinski definition) is 3. The highest BCUT2D eigenvalue weighted by atomic mass is 16.6. The zero-order chi connectivity index (χ0) is 11.9. The van der Waals surface area contributed by atoms with E-state index >= 15 is 0 Å². The fourth-order valence-corrected chi connectivity index (χ4v) is 2.24. The number of para-hydroxylation sites is 1.